The SMILES string of the molecule is CC/C=C\C/C=C\C/C=C\C/C=C\C/C=C\C/C=C\C/C=C\C/C=C\C/C=C\C/C=C\CCCCCCCCCCCCC(=O)NC(CO)C(O)/C=C/CC/C=C/CC/C=C/CCCCCCCCCCCCCCCCCC. The van der Waals surface area contributed by atoms with Gasteiger partial charge in [0.05, 0.1) is 18.8 Å². The number of aliphatic hydroxyl groups excluding tert-OH is 2. The lowest BCUT2D eigenvalue weighted by molar-refractivity contribution is -0.123. The van der Waals surface area contributed by atoms with Crippen molar-refractivity contribution in [2.75, 3.05) is 6.61 Å². The first kappa shape index (κ1) is 75.0. The summed E-state index contributed by atoms with van der Waals surface area (Å²) in [5, 5.41) is 23.2. The second-order valence-corrected chi connectivity index (χ2v) is 21.8. The van der Waals surface area contributed by atoms with E-state index in [1.165, 1.54) is 161 Å². The molecule has 4 nitrogen and oxygen atoms in total. The molecule has 2 unspecified atom stereocenters. The number of carbonyl (C=O) groups excluding carboxylic acids is 1. The molecule has 0 aromatic heterocycles. The molecule has 448 valence electrons. The molecule has 1 amide bonds. The van der Waals surface area contributed by atoms with Gasteiger partial charge in [-0.05, 0) is 122 Å². The van der Waals surface area contributed by atoms with Crippen LogP contribution in [-0.2, 0) is 4.79 Å². The van der Waals surface area contributed by atoms with E-state index in [1.54, 1.807) is 6.08 Å². The topological polar surface area (TPSA) is 69.6 Å². The maximum absolute atomic E-state index is 12.5. The molecule has 0 saturated heterocycles. The molecule has 0 heterocycles. The van der Waals surface area contributed by atoms with Crippen LogP contribution in [0.3, 0.4) is 0 Å². The highest BCUT2D eigenvalue weighted by molar-refractivity contribution is 5.76. The average Bonchev–Trinajstić information content (AvgIpc) is 3.45. The predicted octanol–water partition coefficient (Wildman–Crippen LogP) is 22.9. The molecule has 0 aromatic rings. The van der Waals surface area contributed by atoms with E-state index >= 15 is 0 Å². The van der Waals surface area contributed by atoms with Gasteiger partial charge in [-0.2, -0.15) is 0 Å². The highest BCUT2D eigenvalue weighted by atomic mass is 16.3. The molecule has 0 aliphatic carbocycles. The van der Waals surface area contributed by atoms with E-state index in [9.17, 15) is 15.0 Å². The Morgan fingerprint density at radius 1 is 0.316 bits per heavy atom. The Morgan fingerprint density at radius 2 is 0.570 bits per heavy atom. The Kier molecular flexibility index (Phi) is 64.8. The van der Waals surface area contributed by atoms with Crippen molar-refractivity contribution < 1.29 is 15.0 Å². The molecule has 0 radical (unpaired) electrons. The summed E-state index contributed by atoms with van der Waals surface area (Å²) < 4.78 is 0. The lowest BCUT2D eigenvalue weighted by Gasteiger charge is -2.19. The molecule has 0 rings (SSSR count). The summed E-state index contributed by atoms with van der Waals surface area (Å²) in [6.45, 7) is 4.19. The Bertz CT molecular complexity index is 1660. The van der Waals surface area contributed by atoms with E-state index in [0.29, 0.717) is 6.42 Å². The van der Waals surface area contributed by atoms with E-state index in [0.717, 1.165) is 109 Å². The van der Waals surface area contributed by atoms with Gasteiger partial charge < -0.3 is 15.5 Å². The van der Waals surface area contributed by atoms with Crippen LogP contribution in [0.4, 0.5) is 0 Å². The van der Waals surface area contributed by atoms with E-state index in [-0.39, 0.29) is 12.5 Å². The van der Waals surface area contributed by atoms with E-state index in [4.69, 9.17) is 0 Å². The molecule has 0 saturated carbocycles. The normalized spacial score (nSPS) is 13.8. The molecule has 0 aromatic carbocycles. The van der Waals surface area contributed by atoms with Crippen LogP contribution in [0.5, 0.6) is 0 Å². The van der Waals surface area contributed by atoms with Gasteiger partial charge in [0.1, 0.15) is 0 Å². The highest BCUT2D eigenvalue weighted by Gasteiger charge is 2.18. The van der Waals surface area contributed by atoms with Gasteiger partial charge in [0.25, 0.3) is 0 Å². The van der Waals surface area contributed by atoms with Crippen molar-refractivity contribution in [3.05, 3.63) is 158 Å². The molecule has 0 aliphatic heterocycles. The number of rotatable bonds is 59. The zero-order chi connectivity index (χ0) is 56.9. The summed E-state index contributed by atoms with van der Waals surface area (Å²) in [4.78, 5) is 12.5. The number of unbranched alkanes of at least 4 members (excludes halogenated alkanes) is 28. The molecule has 0 bridgehead atoms. The van der Waals surface area contributed by atoms with Gasteiger partial charge in [-0.3, -0.25) is 4.79 Å². The molecule has 0 spiro atoms. The van der Waals surface area contributed by atoms with Crippen molar-refractivity contribution in [3.8, 4) is 0 Å². The smallest absolute Gasteiger partial charge is 0.220 e. The first-order valence-corrected chi connectivity index (χ1v) is 33.2. The Morgan fingerprint density at radius 3 is 0.886 bits per heavy atom. The molecule has 2 atom stereocenters. The third kappa shape index (κ3) is 64.7. The molecule has 3 N–H and O–H groups in total. The second kappa shape index (κ2) is 68.3. The van der Waals surface area contributed by atoms with Crippen molar-refractivity contribution in [1.82, 2.24) is 5.32 Å². The van der Waals surface area contributed by atoms with Crippen LogP contribution in [0, 0.1) is 0 Å². The van der Waals surface area contributed by atoms with E-state index < -0.39 is 12.1 Å². The first-order valence-electron chi connectivity index (χ1n) is 33.2. The number of nitrogens with one attached hydrogen (secondary N) is 1. The largest absolute Gasteiger partial charge is 0.394 e. The summed E-state index contributed by atoms with van der Waals surface area (Å²) in [7, 11) is 0. The van der Waals surface area contributed by atoms with Gasteiger partial charge in [-0.1, -0.05) is 320 Å². The summed E-state index contributed by atoms with van der Waals surface area (Å²) >= 11 is 0. The maximum Gasteiger partial charge on any atom is 0.220 e. The molecule has 4 heteroatoms. The van der Waals surface area contributed by atoms with Crippen molar-refractivity contribution >= 4 is 5.91 Å². The third-order valence-electron chi connectivity index (χ3n) is 14.2. The van der Waals surface area contributed by atoms with Gasteiger partial charge >= 0.3 is 0 Å². The summed E-state index contributed by atoms with van der Waals surface area (Å²) in [5.74, 6) is -0.0870. The van der Waals surface area contributed by atoms with Crippen LogP contribution in [0.15, 0.2) is 158 Å². The van der Waals surface area contributed by atoms with Gasteiger partial charge in [-0.25, -0.2) is 0 Å². The Labute approximate surface area is 490 Å². The highest BCUT2D eigenvalue weighted by Crippen LogP contribution is 2.16. The van der Waals surface area contributed by atoms with Crippen molar-refractivity contribution in [2.45, 2.75) is 302 Å². The van der Waals surface area contributed by atoms with Gasteiger partial charge in [0.2, 0.25) is 5.91 Å². The molecular weight excluding hydrogens is 963 g/mol. The minimum atomic E-state index is -0.884. The van der Waals surface area contributed by atoms with E-state index in [1.807, 2.05) is 6.08 Å². The molecule has 79 heavy (non-hydrogen) atoms. The summed E-state index contributed by atoms with van der Waals surface area (Å²) in [6.07, 6.45) is 109. The van der Waals surface area contributed by atoms with E-state index in [2.05, 4.69) is 165 Å². The average molecular weight is 1090 g/mol. The second-order valence-electron chi connectivity index (χ2n) is 21.8. The Hall–Kier alpha value is -3.99. The predicted molar refractivity (Wildman–Crippen MR) is 354 cm³/mol. The maximum atomic E-state index is 12.5. The van der Waals surface area contributed by atoms with Gasteiger partial charge in [0, 0.05) is 6.42 Å². The van der Waals surface area contributed by atoms with Crippen LogP contribution in [0.2, 0.25) is 0 Å². The van der Waals surface area contributed by atoms with Crippen LogP contribution in [-0.4, -0.2) is 34.9 Å². The Balaban J connectivity index is 3.63. The standard InChI is InChI=1S/C75H125NO3/c1-3-5-7-9-11-13-15-17-19-21-23-25-27-29-31-32-33-34-35-36-37-38-39-40-41-42-43-44-45-47-49-51-53-55-57-59-61-63-65-67-69-71-75(79)76-73(72-77)74(78)70-68-66-64-62-60-58-56-54-52-50-48-46-30-28-26-24-22-20-18-16-14-12-10-8-6-4-2/h5,7,11,13,17,19,23,25,29,31,33-34,36-37,39-40,42-43,45,47,52,54,60,62,68,70,73-74,77-78H,3-4,6,8-10,12,14-16,18,20-22,24,26-28,30,32,35,38,41,44,46,48-51,53,55-59,61,63-67,69,71-72H2,1-2H3,(H,76,79)/b7-5-,13-11-,19-17-,25-23-,31-29-,34-33-,37-36-,40-39-,43-42-,47-45-,54-52+,62-60+,70-68+. The number of hydrogen-bond acceptors (Lipinski definition) is 3. The molecular formula is C75H125NO3. The zero-order valence-corrected chi connectivity index (χ0v) is 51.6. The van der Waals surface area contributed by atoms with Crippen molar-refractivity contribution in [1.29, 1.82) is 0 Å². The quantitative estimate of drug-likeness (QED) is 0.0420. The first-order chi connectivity index (χ1) is 39.2. The fourth-order valence-electron chi connectivity index (χ4n) is 9.24. The lowest BCUT2D eigenvalue weighted by Crippen LogP contribution is -2.45. The fraction of sp³-hybridized carbons (Fsp3) is 0.640. The lowest BCUT2D eigenvalue weighted by atomic mass is 10.0. The number of amides is 1. The monoisotopic (exact) mass is 1090 g/mol. The van der Waals surface area contributed by atoms with Crippen LogP contribution in [0.25, 0.3) is 0 Å². The molecule has 0 aliphatic rings. The van der Waals surface area contributed by atoms with Crippen LogP contribution in [0.1, 0.15) is 290 Å². The van der Waals surface area contributed by atoms with Gasteiger partial charge in [0.15, 0.2) is 0 Å². The number of aliphatic hydroxyl groups is 2. The zero-order valence-electron chi connectivity index (χ0n) is 51.6. The summed E-state index contributed by atoms with van der Waals surface area (Å²) in [6, 6.07) is -0.660. The van der Waals surface area contributed by atoms with Crippen LogP contribution >= 0.6 is 0 Å². The number of hydrogen-bond donors (Lipinski definition) is 3. The third-order valence-corrected chi connectivity index (χ3v) is 14.2. The fourth-order valence-corrected chi connectivity index (χ4v) is 9.24. The molecule has 0 fully saturated rings. The van der Waals surface area contributed by atoms with Crippen molar-refractivity contribution in [2.24, 2.45) is 0 Å². The minimum Gasteiger partial charge on any atom is -0.394 e. The number of allylic oxidation sites excluding steroid dienone is 25. The van der Waals surface area contributed by atoms with Crippen molar-refractivity contribution in [3.63, 3.8) is 0 Å². The van der Waals surface area contributed by atoms with Gasteiger partial charge in [-0.15, -0.1) is 0 Å². The minimum absolute atomic E-state index is 0.0870. The number of carbonyl (C=O) groups is 1. The van der Waals surface area contributed by atoms with Crippen LogP contribution < -0.4 is 5.32 Å². The summed E-state index contributed by atoms with van der Waals surface area (Å²) in [5.41, 5.74) is 0.